The van der Waals surface area contributed by atoms with Crippen molar-refractivity contribution in [3.63, 3.8) is 0 Å². The van der Waals surface area contributed by atoms with Crippen LogP contribution in [0.2, 0.25) is 0 Å². The minimum Gasteiger partial charge on any atom is -0.497 e. The van der Waals surface area contributed by atoms with Gasteiger partial charge in [-0.1, -0.05) is 23.9 Å². The lowest BCUT2D eigenvalue weighted by Crippen LogP contribution is -2.31. The normalized spacial score (nSPS) is 17.8. The Kier molecular flexibility index (Phi) is 6.00. The van der Waals surface area contributed by atoms with Gasteiger partial charge in [0.15, 0.2) is 5.82 Å². The third kappa shape index (κ3) is 4.28. The highest BCUT2D eigenvalue weighted by molar-refractivity contribution is 8.00. The molecule has 2 atom stereocenters. The van der Waals surface area contributed by atoms with Gasteiger partial charge in [0.25, 0.3) is 0 Å². The van der Waals surface area contributed by atoms with Crippen molar-refractivity contribution in [3.8, 4) is 5.75 Å². The molecule has 0 unspecified atom stereocenters. The van der Waals surface area contributed by atoms with Gasteiger partial charge in [-0.15, -0.1) is 10.2 Å². The van der Waals surface area contributed by atoms with Crippen LogP contribution in [-0.2, 0) is 16.1 Å². The van der Waals surface area contributed by atoms with E-state index in [0.29, 0.717) is 24.1 Å². The van der Waals surface area contributed by atoms with Gasteiger partial charge in [0.05, 0.1) is 12.4 Å². The van der Waals surface area contributed by atoms with E-state index in [-0.39, 0.29) is 17.3 Å². The molecule has 0 bridgehead atoms. The van der Waals surface area contributed by atoms with E-state index in [0.717, 1.165) is 24.2 Å². The first-order valence-electron chi connectivity index (χ1n) is 8.47. The smallest absolute Gasteiger partial charge is 0.233 e. The molecule has 1 aromatic carbocycles. The summed E-state index contributed by atoms with van der Waals surface area (Å²) in [7, 11) is 1.62. The zero-order chi connectivity index (χ0) is 18.5. The summed E-state index contributed by atoms with van der Waals surface area (Å²) in [6.07, 6.45) is 1.77. The van der Waals surface area contributed by atoms with Crippen molar-refractivity contribution in [2.24, 2.45) is 0 Å². The largest absolute Gasteiger partial charge is 0.497 e. The predicted octanol–water partition coefficient (Wildman–Crippen LogP) is 1.65. The minimum absolute atomic E-state index is 0.0903. The number of benzene rings is 1. The summed E-state index contributed by atoms with van der Waals surface area (Å²) >= 11 is 1.28. The number of aromatic nitrogens is 3. The molecule has 0 saturated carbocycles. The van der Waals surface area contributed by atoms with Gasteiger partial charge >= 0.3 is 0 Å². The van der Waals surface area contributed by atoms with Gasteiger partial charge in [0.1, 0.15) is 11.9 Å². The second kappa shape index (κ2) is 8.41. The number of thioether (sulfide) groups is 1. The lowest BCUT2D eigenvalue weighted by Gasteiger charge is -2.12. The van der Waals surface area contributed by atoms with Crippen molar-refractivity contribution in [1.29, 1.82) is 0 Å². The maximum Gasteiger partial charge on any atom is 0.233 e. The molecule has 0 radical (unpaired) electrons. The van der Waals surface area contributed by atoms with Gasteiger partial charge in [-0.25, -0.2) is 4.68 Å². The van der Waals surface area contributed by atoms with Gasteiger partial charge in [0, 0.05) is 13.2 Å². The van der Waals surface area contributed by atoms with Gasteiger partial charge in [-0.2, -0.15) is 0 Å². The van der Waals surface area contributed by atoms with Gasteiger partial charge in [-0.3, -0.25) is 4.79 Å². The van der Waals surface area contributed by atoms with Crippen molar-refractivity contribution < 1.29 is 14.3 Å². The molecule has 0 aliphatic carbocycles. The Bertz CT molecular complexity index is 743. The molecule has 140 valence electrons. The molecule has 1 fully saturated rings. The van der Waals surface area contributed by atoms with E-state index in [4.69, 9.17) is 15.3 Å². The van der Waals surface area contributed by atoms with Crippen LogP contribution in [0.15, 0.2) is 29.4 Å². The highest BCUT2D eigenvalue weighted by atomic mass is 32.2. The summed E-state index contributed by atoms with van der Waals surface area (Å²) in [5.41, 5.74) is 0.999. The van der Waals surface area contributed by atoms with Crippen LogP contribution in [0, 0.1) is 0 Å². The Morgan fingerprint density at radius 3 is 2.88 bits per heavy atom. The average molecular weight is 377 g/mol. The number of nitrogens with one attached hydrogen (secondary N) is 1. The summed E-state index contributed by atoms with van der Waals surface area (Å²) in [6, 6.07) is 7.56. The summed E-state index contributed by atoms with van der Waals surface area (Å²) in [5.74, 6) is 7.37. The van der Waals surface area contributed by atoms with Crippen molar-refractivity contribution in [2.75, 3.05) is 19.6 Å². The van der Waals surface area contributed by atoms with Gasteiger partial charge in [0.2, 0.25) is 11.1 Å². The quantitative estimate of drug-likeness (QED) is 0.558. The van der Waals surface area contributed by atoms with Gasteiger partial charge < -0.3 is 20.6 Å². The van der Waals surface area contributed by atoms with E-state index in [9.17, 15) is 4.79 Å². The molecular weight excluding hydrogens is 354 g/mol. The first-order valence-corrected chi connectivity index (χ1v) is 9.35. The molecule has 3 N–H and O–H groups in total. The van der Waals surface area contributed by atoms with Gasteiger partial charge in [-0.05, 0) is 37.5 Å². The van der Waals surface area contributed by atoms with Crippen LogP contribution in [-0.4, -0.2) is 39.7 Å². The molecule has 1 saturated heterocycles. The van der Waals surface area contributed by atoms with Crippen molar-refractivity contribution in [3.05, 3.63) is 35.7 Å². The van der Waals surface area contributed by atoms with Crippen molar-refractivity contribution in [1.82, 2.24) is 20.2 Å². The van der Waals surface area contributed by atoms with Crippen molar-refractivity contribution >= 4 is 17.7 Å². The molecule has 1 aromatic heterocycles. The first-order chi connectivity index (χ1) is 12.6. The number of carbonyl (C=O) groups excluding carboxylic acids is 1. The molecule has 2 heterocycles. The molecule has 9 heteroatoms. The summed E-state index contributed by atoms with van der Waals surface area (Å²) in [6.45, 7) is 2.98. The van der Waals surface area contributed by atoms with Crippen LogP contribution in [0.1, 0.15) is 37.3 Å². The number of methoxy groups -OCH3 is 1. The predicted molar refractivity (Wildman–Crippen MR) is 98.3 cm³/mol. The molecule has 3 rings (SSSR count). The molecule has 1 aliphatic heterocycles. The number of hydrogen-bond acceptors (Lipinski definition) is 7. The fraction of sp³-hybridized carbons (Fsp3) is 0.471. The zero-order valence-electron chi connectivity index (χ0n) is 14.8. The highest BCUT2D eigenvalue weighted by Gasteiger charge is 2.26. The van der Waals surface area contributed by atoms with E-state index in [1.165, 1.54) is 16.4 Å². The Labute approximate surface area is 156 Å². The molecule has 2 aromatic rings. The van der Waals surface area contributed by atoms with Crippen LogP contribution in [0.5, 0.6) is 5.75 Å². The summed E-state index contributed by atoms with van der Waals surface area (Å²) < 4.78 is 12.1. The van der Waals surface area contributed by atoms with Crippen molar-refractivity contribution in [2.45, 2.75) is 42.8 Å². The maximum absolute atomic E-state index is 12.3. The SMILES string of the molecule is COc1ccc(CNC(=O)[C@@H](C)Sc2nnc([C@H]3CCCO3)n2N)cc1. The lowest BCUT2D eigenvalue weighted by molar-refractivity contribution is -0.120. The molecule has 1 amide bonds. The van der Waals surface area contributed by atoms with Crippen LogP contribution in [0.25, 0.3) is 0 Å². The van der Waals surface area contributed by atoms with Crippen LogP contribution >= 0.6 is 11.8 Å². The standard InChI is InChI=1S/C17H23N5O3S/c1-11(16(23)19-10-12-5-7-13(24-2)8-6-12)26-17-21-20-15(22(17)18)14-4-3-9-25-14/h5-8,11,14H,3-4,9-10,18H2,1-2H3,(H,19,23)/t11-,14-/m1/s1. The molecular formula is C17H23N5O3S. The van der Waals surface area contributed by atoms with E-state index in [1.54, 1.807) is 7.11 Å². The maximum atomic E-state index is 12.3. The Morgan fingerprint density at radius 1 is 1.46 bits per heavy atom. The third-order valence-electron chi connectivity index (χ3n) is 4.19. The topological polar surface area (TPSA) is 104 Å². The third-order valence-corrected chi connectivity index (χ3v) is 5.24. The minimum atomic E-state index is -0.350. The van der Waals surface area contributed by atoms with E-state index in [1.807, 2.05) is 31.2 Å². The van der Waals surface area contributed by atoms with Crippen LogP contribution in [0.3, 0.4) is 0 Å². The lowest BCUT2D eigenvalue weighted by atomic mass is 10.2. The van der Waals surface area contributed by atoms with E-state index >= 15 is 0 Å². The number of rotatable bonds is 7. The monoisotopic (exact) mass is 377 g/mol. The summed E-state index contributed by atoms with van der Waals surface area (Å²) in [5, 5.41) is 11.3. The Morgan fingerprint density at radius 2 is 2.23 bits per heavy atom. The van der Waals surface area contributed by atoms with Crippen LogP contribution < -0.4 is 15.9 Å². The van der Waals surface area contributed by atoms with Crippen LogP contribution in [0.4, 0.5) is 0 Å². The van der Waals surface area contributed by atoms with E-state index < -0.39 is 0 Å². The average Bonchev–Trinajstić information content (AvgIpc) is 3.30. The second-order valence-corrected chi connectivity index (χ2v) is 7.35. The fourth-order valence-corrected chi connectivity index (χ4v) is 3.46. The summed E-state index contributed by atoms with van der Waals surface area (Å²) in [4.78, 5) is 12.3. The number of amides is 1. The Hall–Kier alpha value is -2.26. The molecule has 26 heavy (non-hydrogen) atoms. The first kappa shape index (κ1) is 18.5. The molecule has 0 spiro atoms. The Balaban J connectivity index is 1.53. The molecule has 1 aliphatic rings. The molecule has 8 nitrogen and oxygen atoms in total. The number of nitrogens with two attached hydrogens (primary N) is 1. The van der Waals surface area contributed by atoms with E-state index in [2.05, 4.69) is 15.5 Å². The number of nitrogens with zero attached hydrogens (tertiary/aromatic N) is 3. The number of hydrogen-bond donors (Lipinski definition) is 2. The number of ether oxygens (including phenoxy) is 2. The number of carbonyl (C=O) groups is 1. The fourth-order valence-electron chi connectivity index (χ4n) is 2.66. The second-order valence-electron chi connectivity index (χ2n) is 6.04. The highest BCUT2D eigenvalue weighted by Crippen LogP contribution is 2.29. The number of nitrogen functional groups attached to an aromatic ring is 1. The zero-order valence-corrected chi connectivity index (χ0v) is 15.7.